The predicted molar refractivity (Wildman–Crippen MR) is 72.7 cm³/mol. The van der Waals surface area contributed by atoms with Crippen LogP contribution in [0.25, 0.3) is 11.4 Å². The summed E-state index contributed by atoms with van der Waals surface area (Å²) in [4.78, 5) is 18.4. The number of alkyl halides is 2. The quantitative estimate of drug-likeness (QED) is 0.834. The van der Waals surface area contributed by atoms with E-state index in [1.807, 2.05) is 22.6 Å². The molecule has 0 aliphatic rings. The third kappa shape index (κ3) is 2.58. The van der Waals surface area contributed by atoms with E-state index in [1.165, 1.54) is 24.3 Å². The number of hydrogen-bond donors (Lipinski definition) is 1. The lowest BCUT2D eigenvalue weighted by Crippen LogP contribution is -2.14. The maximum absolute atomic E-state index is 12.4. The lowest BCUT2D eigenvalue weighted by atomic mass is 10.1. The zero-order valence-electron chi connectivity index (χ0n) is 9.38. The van der Waals surface area contributed by atoms with Crippen LogP contribution < -0.4 is 5.56 Å². The standard InChI is InChI=1S/C12H9F2IN2O/c1-6-9(15)12(18)17-11(16-6)8-4-2-7(3-5-8)10(13)14/h2-5,10H,1H3,(H,16,17,18). The normalized spacial score (nSPS) is 10.9. The topological polar surface area (TPSA) is 45.8 Å². The van der Waals surface area contributed by atoms with Crippen LogP contribution >= 0.6 is 22.6 Å². The number of H-pyrrole nitrogens is 1. The third-order valence-corrected chi connectivity index (χ3v) is 3.74. The molecule has 0 atom stereocenters. The summed E-state index contributed by atoms with van der Waals surface area (Å²) in [5.41, 5.74) is 0.947. The first kappa shape index (κ1) is 13.1. The van der Waals surface area contributed by atoms with Crippen LogP contribution in [-0.4, -0.2) is 9.97 Å². The van der Waals surface area contributed by atoms with Crippen molar-refractivity contribution in [1.29, 1.82) is 0 Å². The molecule has 2 aromatic rings. The number of hydrogen-bond acceptors (Lipinski definition) is 2. The average molecular weight is 362 g/mol. The van der Waals surface area contributed by atoms with Crippen molar-refractivity contribution in [1.82, 2.24) is 9.97 Å². The van der Waals surface area contributed by atoms with Gasteiger partial charge in [0.2, 0.25) is 0 Å². The highest BCUT2D eigenvalue weighted by atomic mass is 127. The van der Waals surface area contributed by atoms with Crippen molar-refractivity contribution in [3.63, 3.8) is 0 Å². The Bertz CT molecular complexity index is 623. The second kappa shape index (κ2) is 5.13. The van der Waals surface area contributed by atoms with Gasteiger partial charge in [-0.05, 0) is 29.5 Å². The molecule has 0 spiro atoms. The van der Waals surface area contributed by atoms with Crippen LogP contribution in [-0.2, 0) is 0 Å². The highest BCUT2D eigenvalue weighted by molar-refractivity contribution is 14.1. The molecule has 3 nitrogen and oxygen atoms in total. The first-order chi connectivity index (χ1) is 8.49. The van der Waals surface area contributed by atoms with E-state index >= 15 is 0 Å². The molecular weight excluding hydrogens is 353 g/mol. The Morgan fingerprint density at radius 2 is 1.89 bits per heavy atom. The summed E-state index contributed by atoms with van der Waals surface area (Å²) in [6.07, 6.45) is -2.50. The van der Waals surface area contributed by atoms with Crippen LogP contribution in [0.5, 0.6) is 0 Å². The van der Waals surface area contributed by atoms with E-state index in [4.69, 9.17) is 0 Å². The fourth-order valence-electron chi connectivity index (χ4n) is 1.49. The number of nitrogens with one attached hydrogen (secondary N) is 1. The maximum atomic E-state index is 12.4. The molecule has 0 saturated heterocycles. The van der Waals surface area contributed by atoms with E-state index in [0.717, 1.165) is 0 Å². The zero-order valence-corrected chi connectivity index (χ0v) is 11.5. The van der Waals surface area contributed by atoms with Crippen molar-refractivity contribution < 1.29 is 8.78 Å². The van der Waals surface area contributed by atoms with Gasteiger partial charge in [-0.3, -0.25) is 4.79 Å². The fraction of sp³-hybridized carbons (Fsp3) is 0.167. The van der Waals surface area contributed by atoms with Gasteiger partial charge in [0.25, 0.3) is 12.0 Å². The molecule has 0 amide bonds. The Morgan fingerprint density at radius 1 is 1.28 bits per heavy atom. The summed E-state index contributed by atoms with van der Waals surface area (Å²) in [6, 6.07) is 5.69. The summed E-state index contributed by atoms with van der Waals surface area (Å²) in [5, 5.41) is 0. The van der Waals surface area contributed by atoms with Crippen molar-refractivity contribution >= 4 is 22.6 Å². The van der Waals surface area contributed by atoms with Gasteiger partial charge in [-0.2, -0.15) is 0 Å². The summed E-state index contributed by atoms with van der Waals surface area (Å²) >= 11 is 1.91. The lowest BCUT2D eigenvalue weighted by Gasteiger charge is -2.05. The van der Waals surface area contributed by atoms with Gasteiger partial charge in [-0.1, -0.05) is 24.3 Å². The van der Waals surface area contributed by atoms with Gasteiger partial charge in [0, 0.05) is 11.1 Å². The molecule has 0 radical (unpaired) electrons. The minimum absolute atomic E-state index is 0.0525. The van der Waals surface area contributed by atoms with Gasteiger partial charge in [0.15, 0.2) is 0 Å². The Morgan fingerprint density at radius 3 is 2.39 bits per heavy atom. The maximum Gasteiger partial charge on any atom is 0.264 e. The molecule has 0 bridgehead atoms. The van der Waals surface area contributed by atoms with E-state index < -0.39 is 6.43 Å². The number of benzene rings is 1. The zero-order chi connectivity index (χ0) is 13.3. The van der Waals surface area contributed by atoms with Gasteiger partial charge in [-0.25, -0.2) is 13.8 Å². The van der Waals surface area contributed by atoms with Gasteiger partial charge in [-0.15, -0.1) is 0 Å². The molecule has 0 saturated carbocycles. The Labute approximate surface area is 115 Å². The second-order valence-electron chi connectivity index (χ2n) is 3.74. The van der Waals surface area contributed by atoms with Gasteiger partial charge in [0.05, 0.1) is 9.26 Å². The Balaban J connectivity index is 2.46. The summed E-state index contributed by atoms with van der Waals surface area (Å²) in [7, 11) is 0. The van der Waals surface area contributed by atoms with Crippen molar-refractivity contribution in [3.05, 3.63) is 49.4 Å². The van der Waals surface area contributed by atoms with Crippen molar-refractivity contribution in [2.75, 3.05) is 0 Å². The minimum atomic E-state index is -2.50. The fourth-order valence-corrected chi connectivity index (χ4v) is 1.75. The van der Waals surface area contributed by atoms with Crippen LogP contribution in [0, 0.1) is 10.5 Å². The van der Waals surface area contributed by atoms with E-state index in [0.29, 0.717) is 20.7 Å². The SMILES string of the molecule is Cc1nc(-c2ccc(C(F)F)cc2)[nH]c(=O)c1I. The molecule has 2 rings (SSSR count). The van der Waals surface area contributed by atoms with Crippen LogP contribution in [0.1, 0.15) is 17.7 Å². The molecule has 94 valence electrons. The third-order valence-electron chi connectivity index (χ3n) is 2.46. The molecule has 1 aromatic carbocycles. The lowest BCUT2D eigenvalue weighted by molar-refractivity contribution is 0.151. The molecule has 1 aromatic heterocycles. The highest BCUT2D eigenvalue weighted by Gasteiger charge is 2.09. The van der Waals surface area contributed by atoms with E-state index in [1.54, 1.807) is 6.92 Å². The number of rotatable bonds is 2. The number of aromatic amines is 1. The predicted octanol–water partition coefficient (Wildman–Crippen LogP) is 3.29. The molecule has 1 heterocycles. The van der Waals surface area contributed by atoms with Crippen LogP contribution in [0.15, 0.2) is 29.1 Å². The average Bonchev–Trinajstić information content (AvgIpc) is 2.35. The first-order valence-electron chi connectivity index (χ1n) is 5.14. The monoisotopic (exact) mass is 362 g/mol. The highest BCUT2D eigenvalue weighted by Crippen LogP contribution is 2.22. The molecule has 0 unspecified atom stereocenters. The van der Waals surface area contributed by atoms with E-state index in [2.05, 4.69) is 9.97 Å². The van der Waals surface area contributed by atoms with Gasteiger partial charge >= 0.3 is 0 Å². The molecule has 0 fully saturated rings. The number of halogens is 3. The summed E-state index contributed by atoms with van der Waals surface area (Å²) in [6.45, 7) is 1.73. The molecular formula is C12H9F2IN2O. The number of aromatic nitrogens is 2. The van der Waals surface area contributed by atoms with Gasteiger partial charge in [0.1, 0.15) is 5.82 Å². The van der Waals surface area contributed by atoms with Crippen molar-refractivity contribution in [3.8, 4) is 11.4 Å². The Kier molecular flexibility index (Phi) is 3.74. The van der Waals surface area contributed by atoms with Crippen molar-refractivity contribution in [2.45, 2.75) is 13.3 Å². The largest absolute Gasteiger partial charge is 0.306 e. The van der Waals surface area contributed by atoms with E-state index in [9.17, 15) is 13.6 Å². The Hall–Kier alpha value is -1.31. The molecule has 0 aliphatic carbocycles. The molecule has 0 aliphatic heterocycles. The second-order valence-corrected chi connectivity index (χ2v) is 4.82. The van der Waals surface area contributed by atoms with Crippen LogP contribution in [0.3, 0.4) is 0 Å². The molecule has 1 N–H and O–H groups in total. The minimum Gasteiger partial charge on any atom is -0.306 e. The summed E-state index contributed by atoms with van der Waals surface area (Å²) in [5.74, 6) is 0.388. The smallest absolute Gasteiger partial charge is 0.264 e. The first-order valence-corrected chi connectivity index (χ1v) is 6.22. The van der Waals surface area contributed by atoms with Crippen LogP contribution in [0.2, 0.25) is 0 Å². The molecule has 6 heteroatoms. The van der Waals surface area contributed by atoms with Crippen molar-refractivity contribution in [2.24, 2.45) is 0 Å². The molecule has 18 heavy (non-hydrogen) atoms. The number of aryl methyl sites for hydroxylation is 1. The summed E-state index contributed by atoms with van der Waals surface area (Å²) < 4.78 is 25.3. The van der Waals surface area contributed by atoms with Gasteiger partial charge < -0.3 is 4.98 Å². The number of nitrogens with zero attached hydrogens (tertiary/aromatic N) is 1. The van der Waals surface area contributed by atoms with Crippen LogP contribution in [0.4, 0.5) is 8.78 Å². The van der Waals surface area contributed by atoms with E-state index in [-0.39, 0.29) is 11.1 Å².